The number of benzene rings is 2. The van der Waals surface area contributed by atoms with Gasteiger partial charge in [-0.1, -0.05) is 29.3 Å². The van der Waals surface area contributed by atoms with E-state index in [1.54, 1.807) is 30.3 Å². The molecule has 2 rings (SSSR count). The molecule has 0 spiro atoms. The fourth-order valence-corrected chi connectivity index (χ4v) is 2.45. The summed E-state index contributed by atoms with van der Waals surface area (Å²) in [5.41, 5.74) is 0.689. The number of halogens is 3. The summed E-state index contributed by atoms with van der Waals surface area (Å²) in [6.07, 6.45) is 0. The van der Waals surface area contributed by atoms with Gasteiger partial charge in [0.05, 0.1) is 11.6 Å². The van der Waals surface area contributed by atoms with Crippen LogP contribution in [0.2, 0.25) is 10.0 Å². The molecule has 0 unspecified atom stereocenters. The fraction of sp³-hybridized carbons (Fsp3) is 0.333. The molecule has 0 bridgehead atoms. The molecule has 0 aliphatic heterocycles. The van der Waals surface area contributed by atoms with Crippen molar-refractivity contribution in [3.63, 3.8) is 0 Å². The number of hydrogen-bond donors (Lipinski definition) is 2. The van der Waals surface area contributed by atoms with Crippen molar-refractivity contribution < 1.29 is 14.2 Å². The van der Waals surface area contributed by atoms with Crippen molar-refractivity contribution in [3.05, 3.63) is 63.4 Å². The molecular formula is C18H20Cl2FNO2. The predicted octanol–water partition coefficient (Wildman–Crippen LogP) is 4.57. The number of ether oxygens (including phenoxy) is 1. The van der Waals surface area contributed by atoms with Crippen LogP contribution in [-0.4, -0.2) is 17.3 Å². The highest BCUT2D eigenvalue weighted by molar-refractivity contribution is 6.31. The summed E-state index contributed by atoms with van der Waals surface area (Å²) in [6, 6.07) is 9.74. The van der Waals surface area contributed by atoms with Crippen LogP contribution in [0.25, 0.3) is 0 Å². The molecule has 0 aliphatic rings. The van der Waals surface area contributed by atoms with E-state index in [2.05, 4.69) is 5.32 Å². The van der Waals surface area contributed by atoms with Crippen molar-refractivity contribution in [1.29, 1.82) is 0 Å². The highest BCUT2D eigenvalue weighted by atomic mass is 35.5. The molecular weight excluding hydrogens is 352 g/mol. The zero-order valence-electron chi connectivity index (χ0n) is 13.6. The smallest absolute Gasteiger partial charge is 0.131 e. The molecule has 3 nitrogen and oxygen atoms in total. The van der Waals surface area contributed by atoms with Crippen molar-refractivity contribution in [2.75, 3.05) is 6.61 Å². The molecule has 0 radical (unpaired) electrons. The Morgan fingerprint density at radius 2 is 1.96 bits per heavy atom. The lowest BCUT2D eigenvalue weighted by Crippen LogP contribution is -2.42. The molecule has 2 aromatic rings. The van der Waals surface area contributed by atoms with Gasteiger partial charge in [0.25, 0.3) is 0 Å². The maximum absolute atomic E-state index is 13.8. The maximum Gasteiger partial charge on any atom is 0.131 e. The largest absolute Gasteiger partial charge is 0.488 e. The third-order valence-corrected chi connectivity index (χ3v) is 4.20. The van der Waals surface area contributed by atoms with Crippen LogP contribution in [0, 0.1) is 5.82 Å². The predicted molar refractivity (Wildman–Crippen MR) is 95.2 cm³/mol. The van der Waals surface area contributed by atoms with Crippen molar-refractivity contribution >= 4 is 23.2 Å². The fourth-order valence-electron chi connectivity index (χ4n) is 2.04. The van der Waals surface area contributed by atoms with Crippen LogP contribution in [0.3, 0.4) is 0 Å². The van der Waals surface area contributed by atoms with Crippen molar-refractivity contribution in [2.45, 2.75) is 32.5 Å². The minimum atomic E-state index is -0.436. The second-order valence-electron chi connectivity index (χ2n) is 6.14. The first-order chi connectivity index (χ1) is 11.3. The average molecular weight is 372 g/mol. The number of nitrogens with one attached hydrogen (secondary N) is 1. The van der Waals surface area contributed by atoms with E-state index in [9.17, 15) is 9.50 Å². The van der Waals surface area contributed by atoms with Crippen molar-refractivity contribution in [1.82, 2.24) is 5.32 Å². The monoisotopic (exact) mass is 371 g/mol. The van der Waals surface area contributed by atoms with Gasteiger partial charge in [0.2, 0.25) is 0 Å². The van der Waals surface area contributed by atoms with E-state index in [4.69, 9.17) is 27.9 Å². The SMILES string of the molecule is CC(C)(CO)NCc1cc(Cl)ccc1OCc1c(F)cccc1Cl. The van der Waals surface area contributed by atoms with Crippen LogP contribution in [-0.2, 0) is 13.2 Å². The summed E-state index contributed by atoms with van der Waals surface area (Å²) in [5.74, 6) is 0.178. The summed E-state index contributed by atoms with van der Waals surface area (Å²) >= 11 is 12.1. The zero-order chi connectivity index (χ0) is 17.7. The number of rotatable bonds is 7. The first-order valence-corrected chi connectivity index (χ1v) is 8.28. The lowest BCUT2D eigenvalue weighted by molar-refractivity contribution is 0.186. The standard InChI is InChI=1S/C18H20Cl2FNO2/c1-18(2,11-23)22-9-12-8-13(19)6-7-17(12)24-10-14-15(20)4-3-5-16(14)21/h3-8,22-23H,9-11H2,1-2H3. The van der Waals surface area contributed by atoms with Crippen molar-refractivity contribution in [3.8, 4) is 5.75 Å². The van der Waals surface area contributed by atoms with Gasteiger partial charge in [0.1, 0.15) is 18.2 Å². The average Bonchev–Trinajstić information content (AvgIpc) is 2.54. The van der Waals surface area contributed by atoms with E-state index in [0.717, 1.165) is 5.56 Å². The van der Waals surface area contributed by atoms with Crippen molar-refractivity contribution in [2.24, 2.45) is 0 Å². The summed E-state index contributed by atoms with van der Waals surface area (Å²) in [6.45, 7) is 4.24. The Bertz CT molecular complexity index is 687. The molecule has 0 heterocycles. The molecule has 0 aromatic heterocycles. The lowest BCUT2D eigenvalue weighted by Gasteiger charge is -2.24. The van der Waals surface area contributed by atoms with E-state index in [1.165, 1.54) is 6.07 Å². The molecule has 0 fully saturated rings. The van der Waals surface area contributed by atoms with Crippen LogP contribution in [0.1, 0.15) is 25.0 Å². The van der Waals surface area contributed by atoms with Gasteiger partial charge >= 0.3 is 0 Å². The number of hydrogen-bond acceptors (Lipinski definition) is 3. The van der Waals surface area contributed by atoms with Gasteiger partial charge in [0.15, 0.2) is 0 Å². The lowest BCUT2D eigenvalue weighted by atomic mass is 10.1. The molecule has 0 saturated carbocycles. The van der Waals surface area contributed by atoms with Crippen LogP contribution in [0.15, 0.2) is 36.4 Å². The van der Waals surface area contributed by atoms with Crippen LogP contribution in [0.4, 0.5) is 4.39 Å². The van der Waals surface area contributed by atoms with Gasteiger partial charge in [-0.05, 0) is 44.2 Å². The first-order valence-electron chi connectivity index (χ1n) is 7.52. The molecule has 2 N–H and O–H groups in total. The van der Waals surface area contributed by atoms with Gasteiger partial charge in [-0.15, -0.1) is 0 Å². The van der Waals surface area contributed by atoms with Crippen LogP contribution < -0.4 is 10.1 Å². The van der Waals surface area contributed by atoms with Gasteiger partial charge in [-0.3, -0.25) is 0 Å². The second kappa shape index (κ2) is 8.17. The molecule has 0 amide bonds. The minimum absolute atomic E-state index is 0.00537. The third-order valence-electron chi connectivity index (χ3n) is 3.61. The maximum atomic E-state index is 13.8. The van der Waals surface area contributed by atoms with E-state index in [-0.39, 0.29) is 13.2 Å². The van der Waals surface area contributed by atoms with Gasteiger partial charge in [0, 0.05) is 28.2 Å². The quantitative estimate of drug-likeness (QED) is 0.748. The van der Waals surface area contributed by atoms with Gasteiger partial charge in [-0.25, -0.2) is 4.39 Å². The second-order valence-corrected chi connectivity index (χ2v) is 6.98. The van der Waals surface area contributed by atoms with E-state index >= 15 is 0 Å². The number of aliphatic hydroxyl groups excluding tert-OH is 1. The normalized spacial score (nSPS) is 11.6. The molecule has 130 valence electrons. The Balaban J connectivity index is 2.15. The summed E-state index contributed by atoms with van der Waals surface area (Å²) in [7, 11) is 0. The topological polar surface area (TPSA) is 41.5 Å². The van der Waals surface area contributed by atoms with Crippen LogP contribution >= 0.6 is 23.2 Å². The van der Waals surface area contributed by atoms with E-state index in [0.29, 0.717) is 27.9 Å². The first kappa shape index (κ1) is 19.0. The Morgan fingerprint density at radius 3 is 2.62 bits per heavy atom. The van der Waals surface area contributed by atoms with Gasteiger partial charge in [-0.2, -0.15) is 0 Å². The Hall–Kier alpha value is -1.33. The van der Waals surface area contributed by atoms with E-state index in [1.807, 2.05) is 13.8 Å². The third kappa shape index (κ3) is 5.08. The molecule has 6 heteroatoms. The summed E-state index contributed by atoms with van der Waals surface area (Å²) < 4.78 is 19.6. The molecule has 2 aromatic carbocycles. The van der Waals surface area contributed by atoms with Gasteiger partial charge < -0.3 is 15.2 Å². The molecule has 0 saturated heterocycles. The Morgan fingerprint density at radius 1 is 1.21 bits per heavy atom. The van der Waals surface area contributed by atoms with Crippen LogP contribution in [0.5, 0.6) is 5.75 Å². The summed E-state index contributed by atoms with van der Waals surface area (Å²) in [5, 5.41) is 13.5. The number of aliphatic hydroxyl groups is 1. The zero-order valence-corrected chi connectivity index (χ0v) is 15.1. The Kier molecular flexibility index (Phi) is 6.47. The molecule has 0 atom stereocenters. The summed E-state index contributed by atoms with van der Waals surface area (Å²) in [4.78, 5) is 0. The molecule has 24 heavy (non-hydrogen) atoms. The van der Waals surface area contributed by atoms with E-state index < -0.39 is 11.4 Å². The molecule has 0 aliphatic carbocycles. The Labute approximate surface area is 151 Å². The minimum Gasteiger partial charge on any atom is -0.488 e. The highest BCUT2D eigenvalue weighted by Crippen LogP contribution is 2.26. The highest BCUT2D eigenvalue weighted by Gasteiger charge is 2.17.